The first-order valence-electron chi connectivity index (χ1n) is 8.52. The molecule has 0 fully saturated rings. The summed E-state index contributed by atoms with van der Waals surface area (Å²) in [5, 5.41) is 11.5. The molecule has 0 saturated carbocycles. The molecule has 0 aliphatic carbocycles. The molecule has 0 saturated heterocycles. The van der Waals surface area contributed by atoms with Gasteiger partial charge in [-0.15, -0.1) is 0 Å². The molecule has 4 rings (SSSR count). The number of para-hydroxylation sites is 1. The van der Waals surface area contributed by atoms with E-state index >= 15 is 0 Å². The number of nitro groups is 1. The average Bonchev–Trinajstić information content (AvgIpc) is 2.71. The van der Waals surface area contributed by atoms with Crippen LogP contribution in [0.1, 0.15) is 5.56 Å². The van der Waals surface area contributed by atoms with Crippen molar-refractivity contribution in [2.45, 2.75) is 6.54 Å². The number of aromatic nitrogens is 2. The number of hydrogen-bond acceptors (Lipinski definition) is 4. The van der Waals surface area contributed by atoms with Crippen molar-refractivity contribution in [1.29, 1.82) is 0 Å². The van der Waals surface area contributed by atoms with Gasteiger partial charge in [0, 0.05) is 12.1 Å². The molecular formula is C21H14FN3O3. The Hall–Kier alpha value is -3.87. The first-order chi connectivity index (χ1) is 13.5. The largest absolute Gasteiger partial charge is 0.288 e. The fraction of sp³-hybridized carbons (Fsp3) is 0.0476. The molecule has 0 aliphatic heterocycles. The van der Waals surface area contributed by atoms with Crippen molar-refractivity contribution in [3.63, 3.8) is 0 Å². The average molecular weight is 375 g/mol. The normalized spacial score (nSPS) is 10.9. The maximum absolute atomic E-state index is 14.5. The van der Waals surface area contributed by atoms with E-state index in [1.54, 1.807) is 54.6 Å². The van der Waals surface area contributed by atoms with E-state index in [9.17, 15) is 19.3 Å². The summed E-state index contributed by atoms with van der Waals surface area (Å²) >= 11 is 0. The molecule has 138 valence electrons. The molecule has 0 spiro atoms. The van der Waals surface area contributed by atoms with Gasteiger partial charge in [0.1, 0.15) is 11.6 Å². The summed E-state index contributed by atoms with van der Waals surface area (Å²) in [4.78, 5) is 28.2. The van der Waals surface area contributed by atoms with E-state index in [1.165, 1.54) is 22.8 Å². The molecule has 7 heteroatoms. The number of non-ortho nitro benzene ring substituents is 1. The third-order valence-electron chi connectivity index (χ3n) is 4.44. The molecule has 4 aromatic rings. The molecule has 28 heavy (non-hydrogen) atoms. The van der Waals surface area contributed by atoms with Gasteiger partial charge in [-0.25, -0.2) is 9.37 Å². The molecule has 3 aromatic carbocycles. The van der Waals surface area contributed by atoms with E-state index in [0.29, 0.717) is 16.5 Å². The summed E-state index contributed by atoms with van der Waals surface area (Å²) in [5.41, 5.74) is 0.782. The van der Waals surface area contributed by atoms with Gasteiger partial charge in [-0.05, 0) is 29.8 Å². The molecule has 0 N–H and O–H groups in total. The zero-order valence-corrected chi connectivity index (χ0v) is 14.6. The van der Waals surface area contributed by atoms with Crippen LogP contribution in [0.25, 0.3) is 22.3 Å². The highest BCUT2D eigenvalue weighted by Gasteiger charge is 2.16. The van der Waals surface area contributed by atoms with Gasteiger partial charge in [-0.2, -0.15) is 0 Å². The van der Waals surface area contributed by atoms with Gasteiger partial charge in [-0.3, -0.25) is 19.5 Å². The zero-order chi connectivity index (χ0) is 19.7. The second-order valence-corrected chi connectivity index (χ2v) is 6.25. The minimum atomic E-state index is -0.502. The molecule has 0 bridgehead atoms. The van der Waals surface area contributed by atoms with Crippen LogP contribution in [0, 0.1) is 15.9 Å². The summed E-state index contributed by atoms with van der Waals surface area (Å²) in [6.07, 6.45) is 0. The Morgan fingerprint density at radius 2 is 1.75 bits per heavy atom. The zero-order valence-electron chi connectivity index (χ0n) is 14.6. The molecule has 1 aromatic heterocycles. The van der Waals surface area contributed by atoms with Gasteiger partial charge >= 0.3 is 0 Å². The molecule has 6 nitrogen and oxygen atoms in total. The molecule has 0 radical (unpaired) electrons. The second kappa shape index (κ2) is 7.03. The van der Waals surface area contributed by atoms with Crippen LogP contribution in [0.15, 0.2) is 77.6 Å². The minimum absolute atomic E-state index is 0.0298. The quantitative estimate of drug-likeness (QED) is 0.396. The first kappa shape index (κ1) is 17.5. The fourth-order valence-electron chi connectivity index (χ4n) is 3.11. The lowest BCUT2D eigenvalue weighted by Crippen LogP contribution is -2.24. The molecule has 0 amide bonds. The lowest BCUT2D eigenvalue weighted by Gasteiger charge is -2.14. The number of rotatable bonds is 4. The van der Waals surface area contributed by atoms with Crippen molar-refractivity contribution < 1.29 is 9.31 Å². The van der Waals surface area contributed by atoms with Crippen molar-refractivity contribution >= 4 is 16.6 Å². The van der Waals surface area contributed by atoms with Gasteiger partial charge in [0.15, 0.2) is 0 Å². The van der Waals surface area contributed by atoms with E-state index in [0.717, 1.165) is 0 Å². The highest BCUT2D eigenvalue weighted by molar-refractivity contribution is 5.79. The second-order valence-electron chi connectivity index (χ2n) is 6.25. The lowest BCUT2D eigenvalue weighted by molar-refractivity contribution is -0.384. The highest BCUT2D eigenvalue weighted by Crippen LogP contribution is 2.23. The predicted molar refractivity (Wildman–Crippen MR) is 104 cm³/mol. The SMILES string of the molecule is O=c1c2ccccc2nc(-c2ccccc2F)n1Cc1cccc([N+](=O)[O-])c1. The summed E-state index contributed by atoms with van der Waals surface area (Å²) in [6, 6.07) is 18.9. The topological polar surface area (TPSA) is 78.0 Å². The number of halogens is 1. The molecular weight excluding hydrogens is 361 g/mol. The molecule has 0 atom stereocenters. The van der Waals surface area contributed by atoms with Gasteiger partial charge in [0.05, 0.1) is 27.9 Å². The fourth-order valence-corrected chi connectivity index (χ4v) is 3.11. The van der Waals surface area contributed by atoms with Gasteiger partial charge in [-0.1, -0.05) is 36.4 Å². The van der Waals surface area contributed by atoms with Crippen molar-refractivity contribution in [3.8, 4) is 11.4 Å². The Balaban J connectivity index is 1.96. The number of benzene rings is 3. The Labute approximate surface area is 158 Å². The molecule has 0 unspecified atom stereocenters. The monoisotopic (exact) mass is 375 g/mol. The maximum Gasteiger partial charge on any atom is 0.269 e. The van der Waals surface area contributed by atoms with Crippen LogP contribution in [-0.4, -0.2) is 14.5 Å². The van der Waals surface area contributed by atoms with Crippen molar-refractivity contribution in [1.82, 2.24) is 9.55 Å². The number of nitrogens with zero attached hydrogens (tertiary/aromatic N) is 3. The van der Waals surface area contributed by atoms with Crippen LogP contribution in [-0.2, 0) is 6.54 Å². The Bertz CT molecular complexity index is 1270. The van der Waals surface area contributed by atoms with Crippen LogP contribution >= 0.6 is 0 Å². The summed E-state index contributed by atoms with van der Waals surface area (Å²) in [7, 11) is 0. The Morgan fingerprint density at radius 1 is 1.00 bits per heavy atom. The lowest BCUT2D eigenvalue weighted by atomic mass is 10.1. The number of fused-ring (bicyclic) bond motifs is 1. The van der Waals surface area contributed by atoms with Crippen molar-refractivity contribution in [2.75, 3.05) is 0 Å². The van der Waals surface area contributed by atoms with Crippen LogP contribution < -0.4 is 5.56 Å². The van der Waals surface area contributed by atoms with E-state index in [4.69, 9.17) is 0 Å². The van der Waals surface area contributed by atoms with E-state index in [-0.39, 0.29) is 29.2 Å². The first-order valence-corrected chi connectivity index (χ1v) is 8.52. The Kier molecular flexibility index (Phi) is 4.41. The van der Waals surface area contributed by atoms with Crippen LogP contribution in [0.3, 0.4) is 0 Å². The molecule has 1 heterocycles. The van der Waals surface area contributed by atoms with Crippen LogP contribution in [0.2, 0.25) is 0 Å². The Morgan fingerprint density at radius 3 is 2.54 bits per heavy atom. The predicted octanol–water partition coefficient (Wildman–Crippen LogP) is 4.16. The van der Waals surface area contributed by atoms with Gasteiger partial charge < -0.3 is 0 Å². The smallest absolute Gasteiger partial charge is 0.269 e. The van der Waals surface area contributed by atoms with Crippen LogP contribution in [0.4, 0.5) is 10.1 Å². The van der Waals surface area contributed by atoms with Crippen molar-refractivity contribution in [2.24, 2.45) is 0 Å². The minimum Gasteiger partial charge on any atom is -0.288 e. The van der Waals surface area contributed by atoms with Gasteiger partial charge in [0.2, 0.25) is 0 Å². The molecule has 0 aliphatic rings. The highest BCUT2D eigenvalue weighted by atomic mass is 19.1. The van der Waals surface area contributed by atoms with Crippen molar-refractivity contribution in [3.05, 3.63) is 105 Å². The third kappa shape index (κ3) is 3.14. The third-order valence-corrected chi connectivity index (χ3v) is 4.44. The number of hydrogen-bond donors (Lipinski definition) is 0. The summed E-state index contributed by atoms with van der Waals surface area (Å²) in [6.45, 7) is 0.0298. The van der Waals surface area contributed by atoms with Gasteiger partial charge in [0.25, 0.3) is 11.2 Å². The van der Waals surface area contributed by atoms with Crippen LogP contribution in [0.5, 0.6) is 0 Å². The standard InChI is InChI=1S/C21H14FN3O3/c22-18-10-3-1-8-16(18)20-23-19-11-4-2-9-17(19)21(26)24(20)13-14-6-5-7-15(12-14)25(27)28/h1-12H,13H2. The van der Waals surface area contributed by atoms with E-state index < -0.39 is 10.7 Å². The summed E-state index contributed by atoms with van der Waals surface area (Å²) in [5.74, 6) is -0.328. The van der Waals surface area contributed by atoms with E-state index in [2.05, 4.69) is 4.98 Å². The summed E-state index contributed by atoms with van der Waals surface area (Å²) < 4.78 is 15.8. The number of nitro benzene ring substituents is 1. The van der Waals surface area contributed by atoms with E-state index in [1.807, 2.05) is 0 Å². The maximum atomic E-state index is 14.5.